The standard InChI is InChI=1S/C26H34N4O2/c1-5-19-14-16(2)29-25(31)22(19)15-28-26(32)24-18(4)30(23-9-7-6-8-21(23)24)17(3)20-10-12-27-13-11-20/h6-9,14,17,20,27H,5,10-13,15H2,1-4H3,(H,28,32)(H,29,31). The van der Waals surface area contributed by atoms with E-state index in [1.54, 1.807) is 0 Å². The molecule has 6 nitrogen and oxygen atoms in total. The lowest BCUT2D eigenvalue weighted by atomic mass is 9.91. The molecule has 0 spiro atoms. The number of hydrogen-bond acceptors (Lipinski definition) is 3. The van der Waals surface area contributed by atoms with Gasteiger partial charge in [0, 0.05) is 40.4 Å². The number of nitrogens with one attached hydrogen (secondary N) is 3. The van der Waals surface area contributed by atoms with Gasteiger partial charge in [0.2, 0.25) is 0 Å². The average molecular weight is 435 g/mol. The van der Waals surface area contributed by atoms with Gasteiger partial charge in [0.05, 0.1) is 5.56 Å². The van der Waals surface area contributed by atoms with E-state index in [1.807, 2.05) is 45.0 Å². The number of pyridine rings is 1. The Bertz CT molecular complexity index is 1180. The number of carbonyl (C=O) groups excluding carboxylic acids is 1. The third-order valence-corrected chi connectivity index (χ3v) is 7.03. The predicted octanol–water partition coefficient (Wildman–Crippen LogP) is 4.00. The number of nitrogens with zero attached hydrogens (tertiary/aromatic N) is 1. The number of amides is 1. The minimum absolute atomic E-state index is 0.124. The zero-order valence-corrected chi connectivity index (χ0v) is 19.5. The van der Waals surface area contributed by atoms with Gasteiger partial charge >= 0.3 is 0 Å². The first kappa shape index (κ1) is 22.3. The monoisotopic (exact) mass is 434 g/mol. The molecule has 32 heavy (non-hydrogen) atoms. The zero-order chi connectivity index (χ0) is 22.8. The number of hydrogen-bond donors (Lipinski definition) is 3. The summed E-state index contributed by atoms with van der Waals surface area (Å²) in [6.07, 6.45) is 3.04. The summed E-state index contributed by atoms with van der Waals surface area (Å²) in [4.78, 5) is 28.8. The Morgan fingerprint density at radius 1 is 1.22 bits per heavy atom. The molecule has 3 heterocycles. The van der Waals surface area contributed by atoms with Crippen molar-refractivity contribution in [3.63, 3.8) is 0 Å². The molecule has 0 bridgehead atoms. The number of aryl methyl sites for hydroxylation is 2. The summed E-state index contributed by atoms with van der Waals surface area (Å²) in [7, 11) is 0. The maximum Gasteiger partial charge on any atom is 0.254 e. The van der Waals surface area contributed by atoms with Crippen molar-refractivity contribution < 1.29 is 4.79 Å². The van der Waals surface area contributed by atoms with Crippen molar-refractivity contribution in [2.24, 2.45) is 5.92 Å². The summed E-state index contributed by atoms with van der Waals surface area (Å²) in [6, 6.07) is 10.5. The van der Waals surface area contributed by atoms with Gasteiger partial charge in [-0.2, -0.15) is 0 Å². The second-order valence-corrected chi connectivity index (χ2v) is 9.00. The van der Waals surface area contributed by atoms with E-state index in [0.717, 1.165) is 60.2 Å². The Kier molecular flexibility index (Phi) is 6.51. The highest BCUT2D eigenvalue weighted by Crippen LogP contribution is 2.34. The third-order valence-electron chi connectivity index (χ3n) is 7.03. The van der Waals surface area contributed by atoms with E-state index in [2.05, 4.69) is 33.2 Å². The quantitative estimate of drug-likeness (QED) is 0.549. The molecular weight excluding hydrogens is 400 g/mol. The van der Waals surface area contributed by atoms with Crippen LogP contribution >= 0.6 is 0 Å². The topological polar surface area (TPSA) is 78.9 Å². The number of carbonyl (C=O) groups is 1. The molecule has 1 aliphatic rings. The molecule has 1 amide bonds. The van der Waals surface area contributed by atoms with E-state index in [9.17, 15) is 9.59 Å². The predicted molar refractivity (Wildman–Crippen MR) is 129 cm³/mol. The molecule has 0 radical (unpaired) electrons. The SMILES string of the molecule is CCc1cc(C)[nH]c(=O)c1CNC(=O)c1c(C)n(C(C)C2CCNCC2)c2ccccc12. The molecule has 1 atom stereocenters. The molecule has 1 unspecified atom stereocenters. The maximum absolute atomic E-state index is 13.4. The van der Waals surface area contributed by atoms with Crippen LogP contribution in [0.1, 0.15) is 65.6 Å². The number of aromatic amines is 1. The highest BCUT2D eigenvalue weighted by molar-refractivity contribution is 6.08. The van der Waals surface area contributed by atoms with Crippen LogP contribution in [0.2, 0.25) is 0 Å². The molecule has 170 valence electrons. The first-order valence-electron chi connectivity index (χ1n) is 11.7. The van der Waals surface area contributed by atoms with E-state index < -0.39 is 0 Å². The van der Waals surface area contributed by atoms with Crippen LogP contribution in [-0.2, 0) is 13.0 Å². The summed E-state index contributed by atoms with van der Waals surface area (Å²) in [5.41, 5.74) is 5.13. The Morgan fingerprint density at radius 2 is 1.94 bits per heavy atom. The van der Waals surface area contributed by atoms with Gasteiger partial charge in [-0.05, 0) is 76.7 Å². The molecule has 1 fully saturated rings. The van der Waals surface area contributed by atoms with Crippen molar-refractivity contribution in [1.82, 2.24) is 20.2 Å². The second-order valence-electron chi connectivity index (χ2n) is 9.00. The number of piperidine rings is 1. The van der Waals surface area contributed by atoms with Crippen molar-refractivity contribution in [2.75, 3.05) is 13.1 Å². The zero-order valence-electron chi connectivity index (χ0n) is 19.5. The van der Waals surface area contributed by atoms with Crippen molar-refractivity contribution in [1.29, 1.82) is 0 Å². The van der Waals surface area contributed by atoms with Crippen LogP contribution in [0.3, 0.4) is 0 Å². The summed E-state index contributed by atoms with van der Waals surface area (Å²) in [5, 5.41) is 7.45. The van der Waals surface area contributed by atoms with Gasteiger partial charge in [0.15, 0.2) is 0 Å². The fourth-order valence-electron chi connectivity index (χ4n) is 5.29. The van der Waals surface area contributed by atoms with Gasteiger partial charge in [0.25, 0.3) is 11.5 Å². The van der Waals surface area contributed by atoms with Gasteiger partial charge in [-0.1, -0.05) is 25.1 Å². The fraction of sp³-hybridized carbons (Fsp3) is 0.462. The first-order valence-corrected chi connectivity index (χ1v) is 11.7. The Labute approximate surface area is 189 Å². The second kappa shape index (κ2) is 9.33. The minimum atomic E-state index is -0.128. The smallest absolute Gasteiger partial charge is 0.254 e. The van der Waals surface area contributed by atoms with E-state index >= 15 is 0 Å². The molecule has 1 aliphatic heterocycles. The van der Waals surface area contributed by atoms with Crippen molar-refractivity contribution >= 4 is 16.8 Å². The number of para-hydroxylation sites is 1. The van der Waals surface area contributed by atoms with E-state index in [-0.39, 0.29) is 18.0 Å². The lowest BCUT2D eigenvalue weighted by Gasteiger charge is -2.30. The van der Waals surface area contributed by atoms with Crippen LogP contribution in [0.25, 0.3) is 10.9 Å². The third kappa shape index (κ3) is 4.11. The molecule has 0 aliphatic carbocycles. The summed E-state index contributed by atoms with van der Waals surface area (Å²) in [5.74, 6) is 0.455. The Morgan fingerprint density at radius 3 is 2.66 bits per heavy atom. The molecule has 2 aromatic heterocycles. The van der Waals surface area contributed by atoms with Crippen LogP contribution in [0.5, 0.6) is 0 Å². The lowest BCUT2D eigenvalue weighted by molar-refractivity contribution is 0.0951. The largest absolute Gasteiger partial charge is 0.348 e. The van der Waals surface area contributed by atoms with E-state index in [1.165, 1.54) is 0 Å². The van der Waals surface area contributed by atoms with Crippen LogP contribution in [0.15, 0.2) is 35.1 Å². The van der Waals surface area contributed by atoms with Crippen molar-refractivity contribution in [3.8, 4) is 0 Å². The highest BCUT2D eigenvalue weighted by atomic mass is 16.2. The molecule has 3 N–H and O–H groups in total. The molecule has 4 rings (SSSR count). The Hall–Kier alpha value is -2.86. The summed E-state index contributed by atoms with van der Waals surface area (Å²) in [6.45, 7) is 10.5. The molecule has 1 saturated heterocycles. The summed E-state index contributed by atoms with van der Waals surface area (Å²) < 4.78 is 2.34. The van der Waals surface area contributed by atoms with Crippen LogP contribution in [-0.4, -0.2) is 28.5 Å². The van der Waals surface area contributed by atoms with Crippen molar-refractivity contribution in [2.45, 2.75) is 59.5 Å². The van der Waals surface area contributed by atoms with E-state index in [0.29, 0.717) is 23.1 Å². The van der Waals surface area contributed by atoms with Crippen LogP contribution in [0.4, 0.5) is 0 Å². The van der Waals surface area contributed by atoms with Crippen LogP contribution in [0, 0.1) is 19.8 Å². The van der Waals surface area contributed by atoms with Gasteiger partial charge in [-0.25, -0.2) is 0 Å². The highest BCUT2D eigenvalue weighted by Gasteiger charge is 2.27. The average Bonchev–Trinajstić information content (AvgIpc) is 3.09. The van der Waals surface area contributed by atoms with E-state index in [4.69, 9.17) is 0 Å². The molecular formula is C26H34N4O2. The number of H-pyrrole nitrogens is 1. The summed E-state index contributed by atoms with van der Waals surface area (Å²) >= 11 is 0. The van der Waals surface area contributed by atoms with Crippen LogP contribution < -0.4 is 16.2 Å². The molecule has 1 aromatic carbocycles. The van der Waals surface area contributed by atoms with Gasteiger partial charge < -0.3 is 20.2 Å². The number of fused-ring (bicyclic) bond motifs is 1. The van der Waals surface area contributed by atoms with Gasteiger partial charge in [-0.3, -0.25) is 9.59 Å². The Balaban J connectivity index is 1.67. The minimum Gasteiger partial charge on any atom is -0.348 e. The van der Waals surface area contributed by atoms with Gasteiger partial charge in [-0.15, -0.1) is 0 Å². The number of benzene rings is 1. The first-order chi connectivity index (χ1) is 15.4. The number of rotatable bonds is 6. The number of aromatic nitrogens is 2. The molecule has 0 saturated carbocycles. The maximum atomic E-state index is 13.4. The lowest BCUT2D eigenvalue weighted by Crippen LogP contribution is -2.32. The normalized spacial score (nSPS) is 15.8. The molecule has 3 aromatic rings. The van der Waals surface area contributed by atoms with Crippen molar-refractivity contribution in [3.05, 3.63) is 68.8 Å². The molecule has 6 heteroatoms. The fourth-order valence-corrected chi connectivity index (χ4v) is 5.29. The van der Waals surface area contributed by atoms with Gasteiger partial charge in [0.1, 0.15) is 0 Å².